The van der Waals surface area contributed by atoms with Gasteiger partial charge in [-0.3, -0.25) is 0 Å². The summed E-state index contributed by atoms with van der Waals surface area (Å²) in [6, 6.07) is 13.6. The van der Waals surface area contributed by atoms with Gasteiger partial charge >= 0.3 is 5.97 Å². The molecule has 0 fully saturated rings. The summed E-state index contributed by atoms with van der Waals surface area (Å²) in [7, 11) is -1.09. The lowest BCUT2D eigenvalue weighted by Crippen LogP contribution is -2.28. The van der Waals surface area contributed by atoms with Crippen LogP contribution in [-0.4, -0.2) is 32.8 Å². The van der Waals surface area contributed by atoms with E-state index in [2.05, 4.69) is 4.74 Å². The molecule has 0 amide bonds. The molecule has 2 rings (SSSR count). The van der Waals surface area contributed by atoms with Gasteiger partial charge in [-0.15, -0.1) is 0 Å². The summed E-state index contributed by atoms with van der Waals surface area (Å²) in [6.07, 6.45) is 0. The van der Waals surface area contributed by atoms with Crippen molar-refractivity contribution in [3.05, 3.63) is 65.2 Å². The Balaban J connectivity index is 2.39. The second kappa shape index (κ2) is 6.93. The molecule has 0 aromatic heterocycles. The number of nitrogens with zero attached hydrogens (tertiary/aromatic N) is 1. The average molecular weight is 333 g/mol. The van der Waals surface area contributed by atoms with E-state index in [-0.39, 0.29) is 17.0 Å². The maximum absolute atomic E-state index is 12.8. The van der Waals surface area contributed by atoms with Crippen molar-refractivity contribution >= 4 is 16.0 Å². The number of ether oxygens (including phenoxy) is 1. The third kappa shape index (κ3) is 3.60. The normalized spacial score (nSPS) is 11.5. The summed E-state index contributed by atoms with van der Waals surface area (Å²) in [5.74, 6) is -0.673. The van der Waals surface area contributed by atoms with Crippen LogP contribution in [0.4, 0.5) is 0 Å². The molecule has 0 aliphatic heterocycles. The lowest BCUT2D eigenvalue weighted by molar-refractivity contribution is 0.0596. The van der Waals surface area contributed by atoms with Crippen molar-refractivity contribution in [1.82, 2.24) is 4.31 Å². The quantitative estimate of drug-likeness (QED) is 0.789. The number of hydrogen-bond acceptors (Lipinski definition) is 4. The van der Waals surface area contributed by atoms with Gasteiger partial charge in [0.05, 0.1) is 17.6 Å². The average Bonchev–Trinajstić information content (AvgIpc) is 2.56. The van der Waals surface area contributed by atoms with E-state index >= 15 is 0 Å². The number of benzene rings is 2. The number of rotatable bonds is 5. The summed E-state index contributed by atoms with van der Waals surface area (Å²) in [4.78, 5) is 11.8. The van der Waals surface area contributed by atoms with Crippen molar-refractivity contribution in [1.29, 1.82) is 0 Å². The molecule has 0 radical (unpaired) electrons. The maximum Gasteiger partial charge on any atom is 0.339 e. The molecule has 0 N–H and O–H groups in total. The van der Waals surface area contributed by atoms with Gasteiger partial charge in [0.1, 0.15) is 0 Å². The van der Waals surface area contributed by atoms with Gasteiger partial charge in [-0.1, -0.05) is 36.4 Å². The van der Waals surface area contributed by atoms with Gasteiger partial charge in [0, 0.05) is 13.6 Å². The van der Waals surface area contributed by atoms with E-state index in [1.807, 2.05) is 31.2 Å². The van der Waals surface area contributed by atoms with E-state index in [9.17, 15) is 13.2 Å². The summed E-state index contributed by atoms with van der Waals surface area (Å²) >= 11 is 0. The fourth-order valence-corrected chi connectivity index (χ4v) is 3.58. The highest BCUT2D eigenvalue weighted by Gasteiger charge is 2.27. The summed E-state index contributed by atoms with van der Waals surface area (Å²) < 4.78 is 31.5. The lowest BCUT2D eigenvalue weighted by atomic mass is 10.1. The molecular formula is C17H19NO4S. The molecule has 2 aromatic carbocycles. The number of esters is 1. The number of sulfonamides is 1. The van der Waals surface area contributed by atoms with E-state index in [0.29, 0.717) is 0 Å². The topological polar surface area (TPSA) is 63.7 Å². The predicted molar refractivity (Wildman–Crippen MR) is 87.6 cm³/mol. The minimum atomic E-state index is -3.81. The van der Waals surface area contributed by atoms with Crippen LogP contribution in [0.25, 0.3) is 0 Å². The Kier molecular flexibility index (Phi) is 5.18. The molecule has 2 aromatic rings. The summed E-state index contributed by atoms with van der Waals surface area (Å²) in [5.41, 5.74) is 1.96. The third-order valence-electron chi connectivity index (χ3n) is 3.63. The van der Waals surface area contributed by atoms with Crippen molar-refractivity contribution in [3.63, 3.8) is 0 Å². The third-order valence-corrected chi connectivity index (χ3v) is 5.50. The maximum atomic E-state index is 12.8. The first kappa shape index (κ1) is 17.2. The first-order valence-corrected chi connectivity index (χ1v) is 8.50. The Morgan fingerprint density at radius 2 is 1.70 bits per heavy atom. The molecule has 0 spiro atoms. The van der Waals surface area contributed by atoms with E-state index in [1.54, 1.807) is 12.1 Å². The van der Waals surface area contributed by atoms with E-state index < -0.39 is 16.0 Å². The molecule has 23 heavy (non-hydrogen) atoms. The predicted octanol–water partition coefficient (Wildman–Crippen LogP) is 2.60. The zero-order valence-electron chi connectivity index (χ0n) is 13.3. The van der Waals surface area contributed by atoms with Gasteiger partial charge in [0.2, 0.25) is 10.0 Å². The SMILES string of the molecule is COC(=O)c1ccccc1S(=O)(=O)N(C)Cc1ccccc1C. The number of carbonyl (C=O) groups is 1. The molecule has 6 heteroatoms. The van der Waals surface area contributed by atoms with Crippen molar-refractivity contribution in [2.24, 2.45) is 0 Å². The number of methoxy groups -OCH3 is 1. The van der Waals surface area contributed by atoms with Crippen LogP contribution in [-0.2, 0) is 21.3 Å². The minimum Gasteiger partial charge on any atom is -0.465 e. The number of carbonyl (C=O) groups excluding carboxylic acids is 1. The highest BCUT2D eigenvalue weighted by molar-refractivity contribution is 7.89. The van der Waals surface area contributed by atoms with E-state index in [1.165, 1.54) is 30.6 Å². The van der Waals surface area contributed by atoms with Crippen molar-refractivity contribution in [2.45, 2.75) is 18.4 Å². The second-order valence-corrected chi connectivity index (χ2v) is 7.19. The number of hydrogen-bond donors (Lipinski definition) is 0. The smallest absolute Gasteiger partial charge is 0.339 e. The van der Waals surface area contributed by atoms with Crippen LogP contribution in [0.3, 0.4) is 0 Å². The first-order chi connectivity index (χ1) is 10.9. The van der Waals surface area contributed by atoms with Crippen LogP contribution in [0.2, 0.25) is 0 Å². The van der Waals surface area contributed by atoms with Crippen molar-refractivity contribution in [2.75, 3.05) is 14.2 Å². The van der Waals surface area contributed by atoms with E-state index in [0.717, 1.165) is 11.1 Å². The van der Waals surface area contributed by atoms with Crippen LogP contribution in [0.1, 0.15) is 21.5 Å². The van der Waals surface area contributed by atoms with Crippen LogP contribution >= 0.6 is 0 Å². The summed E-state index contributed by atoms with van der Waals surface area (Å²) in [5, 5.41) is 0. The van der Waals surface area contributed by atoms with Crippen LogP contribution in [0.15, 0.2) is 53.4 Å². The highest BCUT2D eigenvalue weighted by atomic mass is 32.2. The zero-order chi connectivity index (χ0) is 17.0. The number of aryl methyl sites for hydroxylation is 1. The zero-order valence-corrected chi connectivity index (χ0v) is 14.1. The van der Waals surface area contributed by atoms with Crippen molar-refractivity contribution < 1.29 is 17.9 Å². The fourth-order valence-electron chi connectivity index (χ4n) is 2.25. The Hall–Kier alpha value is -2.18. The summed E-state index contributed by atoms with van der Waals surface area (Å²) in [6.45, 7) is 2.16. The standard InChI is InChI=1S/C17H19NO4S/c1-13-8-4-5-9-14(13)12-18(2)23(20,21)16-11-7-6-10-15(16)17(19)22-3/h4-11H,12H2,1-3H3. The fraction of sp³-hybridized carbons (Fsp3) is 0.235. The van der Waals surface area contributed by atoms with Crippen LogP contribution in [0, 0.1) is 6.92 Å². The molecule has 122 valence electrons. The van der Waals surface area contributed by atoms with E-state index in [4.69, 9.17) is 0 Å². The van der Waals surface area contributed by atoms with Gasteiger partial charge in [-0.25, -0.2) is 13.2 Å². The van der Waals surface area contributed by atoms with Crippen molar-refractivity contribution in [3.8, 4) is 0 Å². The van der Waals surface area contributed by atoms with Crippen LogP contribution < -0.4 is 0 Å². The first-order valence-electron chi connectivity index (χ1n) is 7.06. The molecule has 0 saturated carbocycles. The highest BCUT2D eigenvalue weighted by Crippen LogP contribution is 2.22. The molecule has 0 unspecified atom stereocenters. The Morgan fingerprint density at radius 1 is 1.09 bits per heavy atom. The Bertz CT molecular complexity index is 815. The lowest BCUT2D eigenvalue weighted by Gasteiger charge is -2.19. The molecule has 0 atom stereocenters. The molecule has 0 aliphatic carbocycles. The van der Waals surface area contributed by atoms with Gasteiger partial charge < -0.3 is 4.74 Å². The Morgan fingerprint density at radius 3 is 2.35 bits per heavy atom. The molecule has 5 nitrogen and oxygen atoms in total. The molecule has 0 bridgehead atoms. The molecule has 0 saturated heterocycles. The van der Waals surface area contributed by atoms with Gasteiger partial charge in [0.15, 0.2) is 0 Å². The monoisotopic (exact) mass is 333 g/mol. The minimum absolute atomic E-state index is 0.0339. The second-order valence-electron chi connectivity index (χ2n) is 5.18. The van der Waals surface area contributed by atoms with Crippen LogP contribution in [0.5, 0.6) is 0 Å². The molecule has 0 aliphatic rings. The largest absolute Gasteiger partial charge is 0.465 e. The van der Waals surface area contributed by atoms with Gasteiger partial charge in [-0.05, 0) is 30.2 Å². The Labute approximate surface area is 136 Å². The van der Waals surface area contributed by atoms with Gasteiger partial charge in [0.25, 0.3) is 0 Å². The molecule has 0 heterocycles. The van der Waals surface area contributed by atoms with Gasteiger partial charge in [-0.2, -0.15) is 4.31 Å². The molecular weight excluding hydrogens is 314 g/mol.